The fraction of sp³-hybridized carbons (Fsp3) is 0.0556. The molecule has 3 rings (SSSR count). The van der Waals surface area contributed by atoms with Crippen LogP contribution >= 0.6 is 35.6 Å². The van der Waals surface area contributed by atoms with Gasteiger partial charge in [-0.1, -0.05) is 59.8 Å². The summed E-state index contributed by atoms with van der Waals surface area (Å²) in [6.45, 7) is 1.86. The number of carbonyl (C=O) groups is 2. The van der Waals surface area contributed by atoms with E-state index in [9.17, 15) is 14.7 Å². The summed E-state index contributed by atoms with van der Waals surface area (Å²) in [7, 11) is 0. The molecule has 0 aliphatic carbocycles. The highest BCUT2D eigenvalue weighted by atomic mass is 35.5. The Morgan fingerprint density at radius 3 is 2.20 bits per heavy atom. The molecule has 0 atom stereocenters. The van der Waals surface area contributed by atoms with E-state index in [2.05, 4.69) is 0 Å². The molecule has 4 nitrogen and oxygen atoms in total. The van der Waals surface area contributed by atoms with Gasteiger partial charge >= 0.3 is 0 Å². The summed E-state index contributed by atoms with van der Waals surface area (Å²) in [6, 6.07) is 13.1. The van der Waals surface area contributed by atoms with Gasteiger partial charge in [0.25, 0.3) is 5.91 Å². The number of rotatable bonds is 3. The lowest BCUT2D eigenvalue weighted by atomic mass is 10.1. The molecule has 0 spiro atoms. The molecule has 1 heterocycles. The van der Waals surface area contributed by atoms with Crippen molar-refractivity contribution in [1.29, 1.82) is 0 Å². The topological polar surface area (TPSA) is 60.4 Å². The zero-order valence-electron chi connectivity index (χ0n) is 13.0. The van der Waals surface area contributed by atoms with Gasteiger partial charge in [0.2, 0.25) is 0 Å². The van der Waals surface area contributed by atoms with Crippen LogP contribution in [-0.2, 0) is 4.79 Å². The van der Waals surface area contributed by atoms with Gasteiger partial charge in [0.1, 0.15) is 0 Å². The molecule has 25 heavy (non-hydrogen) atoms. The summed E-state index contributed by atoms with van der Waals surface area (Å²) in [5.41, 5.74) is 2.26. The molecule has 0 N–H and O–H groups in total. The maximum atomic E-state index is 12.8. The summed E-state index contributed by atoms with van der Waals surface area (Å²) in [5, 5.41) is 11.5. The van der Waals surface area contributed by atoms with Gasteiger partial charge in [-0.2, -0.15) is 0 Å². The van der Waals surface area contributed by atoms with E-state index in [4.69, 9.17) is 23.8 Å². The second-order valence-corrected chi connectivity index (χ2v) is 7.38. The Bertz CT molecular complexity index is 905. The number of hydrogen-bond donors (Lipinski definition) is 0. The van der Waals surface area contributed by atoms with Crippen LogP contribution in [0.3, 0.4) is 0 Å². The molecule has 7 heteroatoms. The number of carboxylic acids is 1. The molecule has 1 aliphatic rings. The van der Waals surface area contributed by atoms with E-state index >= 15 is 0 Å². The minimum Gasteiger partial charge on any atom is -0.545 e. The number of carboxylic acid groups (broad SMARTS) is 1. The predicted molar refractivity (Wildman–Crippen MR) is 102 cm³/mol. The van der Waals surface area contributed by atoms with Crippen molar-refractivity contribution < 1.29 is 14.7 Å². The van der Waals surface area contributed by atoms with E-state index in [1.54, 1.807) is 12.1 Å². The first-order valence-electron chi connectivity index (χ1n) is 7.23. The molecule has 126 valence electrons. The van der Waals surface area contributed by atoms with Crippen molar-refractivity contribution in [2.45, 2.75) is 6.92 Å². The lowest BCUT2D eigenvalue weighted by Crippen LogP contribution is -2.28. The number of hydrogen-bond acceptors (Lipinski definition) is 5. The van der Waals surface area contributed by atoms with E-state index < -0.39 is 5.97 Å². The van der Waals surface area contributed by atoms with E-state index in [-0.39, 0.29) is 11.5 Å². The summed E-state index contributed by atoms with van der Waals surface area (Å²) in [4.78, 5) is 25.6. The van der Waals surface area contributed by atoms with E-state index in [0.29, 0.717) is 19.9 Å². The summed E-state index contributed by atoms with van der Waals surface area (Å²) in [6.07, 6.45) is 0. The molecule has 1 saturated heterocycles. The highest BCUT2D eigenvalue weighted by Gasteiger charge is 2.34. The number of amides is 1. The van der Waals surface area contributed by atoms with Crippen LogP contribution in [0.25, 0.3) is 5.57 Å². The minimum atomic E-state index is -1.27. The lowest BCUT2D eigenvalue weighted by Gasteiger charge is -2.15. The quantitative estimate of drug-likeness (QED) is 0.595. The van der Waals surface area contributed by atoms with E-state index in [1.165, 1.54) is 40.9 Å². The van der Waals surface area contributed by atoms with Gasteiger partial charge in [0, 0.05) is 5.02 Å². The fourth-order valence-corrected chi connectivity index (χ4v) is 3.87. The van der Waals surface area contributed by atoms with Gasteiger partial charge in [-0.05, 0) is 47.9 Å². The normalized spacial score (nSPS) is 16.3. The third-order valence-electron chi connectivity index (χ3n) is 3.75. The zero-order chi connectivity index (χ0) is 18.1. The molecule has 0 bridgehead atoms. The first-order chi connectivity index (χ1) is 11.9. The van der Waals surface area contributed by atoms with Crippen molar-refractivity contribution in [2.75, 3.05) is 4.90 Å². The van der Waals surface area contributed by atoms with Gasteiger partial charge in [-0.3, -0.25) is 9.69 Å². The Morgan fingerprint density at radius 2 is 1.64 bits per heavy atom. The molecule has 0 radical (unpaired) electrons. The number of nitrogens with zero attached hydrogens (tertiary/aromatic N) is 1. The molecule has 0 aromatic heterocycles. The van der Waals surface area contributed by atoms with Gasteiger partial charge < -0.3 is 9.90 Å². The van der Waals surface area contributed by atoms with Crippen molar-refractivity contribution >= 4 is 63.0 Å². The molecule has 1 fully saturated rings. The molecular formula is C18H11ClNO3S2-. The average Bonchev–Trinajstić information content (AvgIpc) is 2.89. The van der Waals surface area contributed by atoms with Gasteiger partial charge in [-0.25, -0.2) is 0 Å². The number of carbonyl (C=O) groups excluding carboxylic acids is 2. The molecular weight excluding hydrogens is 378 g/mol. The zero-order valence-corrected chi connectivity index (χ0v) is 15.4. The monoisotopic (exact) mass is 388 g/mol. The van der Waals surface area contributed by atoms with Crippen LogP contribution < -0.4 is 10.0 Å². The number of anilines is 1. The third-order valence-corrected chi connectivity index (χ3v) is 5.47. The largest absolute Gasteiger partial charge is 0.545 e. The van der Waals surface area contributed by atoms with Crippen LogP contribution in [0.15, 0.2) is 53.4 Å². The number of halogens is 1. The van der Waals surface area contributed by atoms with Crippen LogP contribution in [0.5, 0.6) is 0 Å². The number of allylic oxidation sites excluding steroid dienone is 1. The van der Waals surface area contributed by atoms with Gasteiger partial charge in [-0.15, -0.1) is 0 Å². The number of thioether (sulfide) groups is 1. The third kappa shape index (κ3) is 3.46. The Kier molecular flexibility index (Phi) is 4.94. The molecule has 0 saturated carbocycles. The maximum absolute atomic E-state index is 12.8. The highest BCUT2D eigenvalue weighted by Crippen LogP contribution is 2.39. The smallest absolute Gasteiger partial charge is 0.271 e. The first kappa shape index (κ1) is 17.7. The minimum absolute atomic E-state index is 0.0436. The van der Waals surface area contributed by atoms with Crippen molar-refractivity contribution in [3.05, 3.63) is 69.6 Å². The van der Waals surface area contributed by atoms with E-state index in [1.807, 2.05) is 19.1 Å². The first-order valence-corrected chi connectivity index (χ1v) is 8.83. The standard InChI is InChI=1S/C18H12ClNO3S2/c1-10(11-2-6-13(19)7-3-11)15-16(21)20(18(24)25-15)14-8-4-12(5-9-14)17(22)23/h2-9H,1H3,(H,22,23)/p-1/b15-10+. The number of aromatic carboxylic acids is 1. The lowest BCUT2D eigenvalue weighted by molar-refractivity contribution is -0.255. The average molecular weight is 389 g/mol. The second kappa shape index (κ2) is 7.00. The van der Waals surface area contributed by atoms with Crippen LogP contribution in [0.2, 0.25) is 5.02 Å². The second-order valence-electron chi connectivity index (χ2n) is 5.30. The molecule has 1 aliphatic heterocycles. The van der Waals surface area contributed by atoms with Crippen LogP contribution in [0, 0.1) is 0 Å². The Labute approximate surface area is 159 Å². The molecule has 2 aromatic rings. The SMILES string of the molecule is C/C(=C1\SC(=S)N(c2ccc(C(=O)[O-])cc2)C1=O)c1ccc(Cl)cc1. The van der Waals surface area contributed by atoms with Crippen LogP contribution in [0.4, 0.5) is 5.69 Å². The van der Waals surface area contributed by atoms with Gasteiger partial charge in [0.15, 0.2) is 4.32 Å². The van der Waals surface area contributed by atoms with Gasteiger partial charge in [0.05, 0.1) is 16.6 Å². The Hall–Kier alpha value is -2.15. The van der Waals surface area contributed by atoms with Crippen molar-refractivity contribution in [3.8, 4) is 0 Å². The Morgan fingerprint density at radius 1 is 1.08 bits per heavy atom. The van der Waals surface area contributed by atoms with Crippen molar-refractivity contribution in [3.63, 3.8) is 0 Å². The summed E-state index contributed by atoms with van der Waals surface area (Å²) in [5.74, 6) is -1.50. The molecule has 1 amide bonds. The fourth-order valence-electron chi connectivity index (χ4n) is 2.40. The highest BCUT2D eigenvalue weighted by molar-refractivity contribution is 8.27. The summed E-state index contributed by atoms with van der Waals surface area (Å²) < 4.78 is 0.398. The number of benzene rings is 2. The van der Waals surface area contributed by atoms with Crippen molar-refractivity contribution in [2.24, 2.45) is 0 Å². The van der Waals surface area contributed by atoms with Crippen molar-refractivity contribution in [1.82, 2.24) is 0 Å². The summed E-state index contributed by atoms with van der Waals surface area (Å²) >= 11 is 12.5. The predicted octanol–water partition coefficient (Wildman–Crippen LogP) is 3.50. The molecule has 0 unspecified atom stereocenters. The molecule has 2 aromatic carbocycles. The number of thiocarbonyl (C=S) groups is 1. The Balaban J connectivity index is 1.95. The maximum Gasteiger partial charge on any atom is 0.271 e. The van der Waals surface area contributed by atoms with E-state index in [0.717, 1.165) is 11.1 Å². The van der Waals surface area contributed by atoms with Crippen LogP contribution in [0.1, 0.15) is 22.8 Å². The van der Waals surface area contributed by atoms with Crippen LogP contribution in [-0.4, -0.2) is 16.2 Å².